The van der Waals surface area contributed by atoms with E-state index in [4.69, 9.17) is 34.7 Å². The largest absolute Gasteiger partial charge is 0.469 e. The van der Waals surface area contributed by atoms with Crippen LogP contribution in [0.3, 0.4) is 0 Å². The predicted molar refractivity (Wildman–Crippen MR) is 112 cm³/mol. The van der Waals surface area contributed by atoms with Crippen LogP contribution < -0.4 is 11.5 Å². The summed E-state index contributed by atoms with van der Waals surface area (Å²) in [5.74, 6) is 4.05. The highest BCUT2D eigenvalue weighted by atomic mass is 127. The smallest absolute Gasteiger partial charge is 0.306 e. The number of anilines is 2. The Hall–Kier alpha value is -1.76. The minimum absolute atomic E-state index is 0.0392. The Labute approximate surface area is 179 Å². The van der Waals surface area contributed by atoms with E-state index in [-0.39, 0.29) is 22.4 Å². The number of esters is 1. The fraction of sp³-hybridized carbons (Fsp3) is 0.167. The molecule has 0 heterocycles. The molecule has 4 N–H and O–H groups in total. The van der Waals surface area contributed by atoms with Gasteiger partial charge in [-0.3, -0.25) is 4.79 Å². The van der Waals surface area contributed by atoms with Crippen LogP contribution in [0, 0.1) is 27.0 Å². The lowest BCUT2D eigenvalue weighted by molar-refractivity contribution is -0.140. The van der Waals surface area contributed by atoms with Crippen LogP contribution in [0.4, 0.5) is 20.2 Å². The lowest BCUT2D eigenvalue weighted by Gasteiger charge is -2.00. The molecule has 27 heavy (non-hydrogen) atoms. The molecule has 0 bridgehead atoms. The normalized spacial score (nSPS) is 9.56. The minimum Gasteiger partial charge on any atom is -0.469 e. The average molecular weight is 527 g/mol. The van der Waals surface area contributed by atoms with Crippen molar-refractivity contribution in [1.82, 2.24) is 0 Å². The maximum Gasteiger partial charge on any atom is 0.306 e. The van der Waals surface area contributed by atoms with Crippen LogP contribution in [0.2, 0.25) is 10.0 Å². The average Bonchev–Trinajstić information content (AvgIpc) is 2.61. The summed E-state index contributed by atoms with van der Waals surface area (Å²) < 4.78 is 30.8. The highest BCUT2D eigenvalue weighted by Crippen LogP contribution is 2.23. The molecule has 0 fully saturated rings. The lowest BCUT2D eigenvalue weighted by atomic mass is 10.1. The lowest BCUT2D eigenvalue weighted by Crippen LogP contribution is -1.98. The Morgan fingerprint density at radius 2 is 1.67 bits per heavy atom. The summed E-state index contributed by atoms with van der Waals surface area (Å²) in [5, 5.41) is 0.0283. The molecule has 0 saturated carbocycles. The van der Waals surface area contributed by atoms with Crippen molar-refractivity contribution in [2.24, 2.45) is 0 Å². The molecule has 0 atom stereocenters. The number of rotatable bonds is 2. The zero-order valence-electron chi connectivity index (χ0n) is 14.1. The number of nitrogens with two attached hydrogens (primary N) is 2. The van der Waals surface area contributed by atoms with Gasteiger partial charge in [0, 0.05) is 21.4 Å². The first-order valence-corrected chi connectivity index (χ1v) is 9.19. The third-order valence-electron chi connectivity index (χ3n) is 3.04. The quantitative estimate of drug-likeness (QED) is 0.189. The van der Waals surface area contributed by atoms with Crippen molar-refractivity contribution in [3.63, 3.8) is 0 Å². The highest BCUT2D eigenvalue weighted by Gasteiger charge is 2.04. The summed E-state index contributed by atoms with van der Waals surface area (Å²) in [5.41, 5.74) is 12.2. The SMILES string of the molecule is COC(=O)CCC#Cc1cc(F)c(Cl)cc1N.Nc1cc(Cl)c(F)cc1I. The topological polar surface area (TPSA) is 78.3 Å². The van der Waals surface area contributed by atoms with Crippen molar-refractivity contribution in [2.45, 2.75) is 12.8 Å². The number of nitrogen functional groups attached to an aromatic ring is 2. The van der Waals surface area contributed by atoms with Crippen molar-refractivity contribution in [3.05, 3.63) is 55.1 Å². The number of hydrogen-bond acceptors (Lipinski definition) is 4. The van der Waals surface area contributed by atoms with Gasteiger partial charge in [0.05, 0.1) is 29.1 Å². The van der Waals surface area contributed by atoms with Gasteiger partial charge in [-0.25, -0.2) is 8.78 Å². The second-order valence-corrected chi connectivity index (χ2v) is 7.00. The third kappa shape index (κ3) is 7.79. The first kappa shape index (κ1) is 23.3. The van der Waals surface area contributed by atoms with Gasteiger partial charge in [0.25, 0.3) is 0 Å². The Balaban J connectivity index is 0.000000309. The molecule has 144 valence electrons. The van der Waals surface area contributed by atoms with Gasteiger partial charge in [-0.1, -0.05) is 35.0 Å². The first-order valence-electron chi connectivity index (χ1n) is 7.36. The summed E-state index contributed by atoms with van der Waals surface area (Å²) in [7, 11) is 1.31. The van der Waals surface area contributed by atoms with Gasteiger partial charge in [-0.15, -0.1) is 0 Å². The van der Waals surface area contributed by atoms with E-state index in [2.05, 4.69) is 16.6 Å². The predicted octanol–water partition coefficient (Wildman–Crippen LogP) is 5.03. The van der Waals surface area contributed by atoms with Crippen LogP contribution in [0.25, 0.3) is 0 Å². The van der Waals surface area contributed by atoms with Crippen LogP contribution in [-0.2, 0) is 9.53 Å². The first-order chi connectivity index (χ1) is 12.6. The summed E-state index contributed by atoms with van der Waals surface area (Å²) in [6, 6.07) is 5.18. The third-order valence-corrected chi connectivity index (χ3v) is 4.55. The monoisotopic (exact) mass is 526 g/mol. The van der Waals surface area contributed by atoms with E-state index < -0.39 is 11.6 Å². The Morgan fingerprint density at radius 3 is 2.22 bits per heavy atom. The fourth-order valence-electron chi connectivity index (χ4n) is 1.63. The van der Waals surface area contributed by atoms with Gasteiger partial charge < -0.3 is 16.2 Å². The van der Waals surface area contributed by atoms with E-state index in [9.17, 15) is 13.6 Å². The molecule has 2 aromatic rings. The maximum atomic E-state index is 13.1. The molecular formula is C18H15Cl2F2IN2O2. The molecule has 0 radical (unpaired) electrons. The molecule has 0 aliphatic carbocycles. The molecule has 0 spiro atoms. The number of carbonyl (C=O) groups excluding carboxylic acids is 1. The van der Waals surface area contributed by atoms with Gasteiger partial charge in [0.15, 0.2) is 0 Å². The Kier molecular flexibility index (Phi) is 9.63. The zero-order chi connectivity index (χ0) is 20.6. The molecule has 0 aliphatic heterocycles. The molecule has 4 nitrogen and oxygen atoms in total. The summed E-state index contributed by atoms with van der Waals surface area (Å²) in [4.78, 5) is 10.8. The molecule has 2 rings (SSSR count). The van der Waals surface area contributed by atoms with Gasteiger partial charge in [-0.2, -0.15) is 0 Å². The van der Waals surface area contributed by atoms with Gasteiger partial charge in [0.2, 0.25) is 0 Å². The number of carbonyl (C=O) groups is 1. The van der Waals surface area contributed by atoms with Gasteiger partial charge in [-0.05, 0) is 46.9 Å². The van der Waals surface area contributed by atoms with Crippen molar-refractivity contribution in [1.29, 1.82) is 0 Å². The van der Waals surface area contributed by atoms with Gasteiger partial charge in [0.1, 0.15) is 11.6 Å². The van der Waals surface area contributed by atoms with Crippen molar-refractivity contribution >= 4 is 63.1 Å². The molecule has 0 unspecified atom stereocenters. The van der Waals surface area contributed by atoms with Crippen molar-refractivity contribution in [3.8, 4) is 11.8 Å². The number of benzene rings is 2. The van der Waals surface area contributed by atoms with Crippen LogP contribution in [0.5, 0.6) is 0 Å². The molecule has 0 aliphatic rings. The second-order valence-electron chi connectivity index (χ2n) is 5.02. The van der Waals surface area contributed by atoms with E-state index in [1.54, 1.807) is 0 Å². The minimum atomic E-state index is -0.571. The number of halogens is 5. The second kappa shape index (κ2) is 11.2. The van der Waals surface area contributed by atoms with Crippen molar-refractivity contribution < 1.29 is 18.3 Å². The van der Waals surface area contributed by atoms with Crippen LogP contribution in [0.15, 0.2) is 24.3 Å². The molecule has 0 saturated heterocycles. The molecular weight excluding hydrogens is 512 g/mol. The molecule has 0 aromatic heterocycles. The highest BCUT2D eigenvalue weighted by molar-refractivity contribution is 14.1. The number of ether oxygens (including phenoxy) is 1. The fourth-order valence-corrected chi connectivity index (χ4v) is 2.41. The number of hydrogen-bond donors (Lipinski definition) is 2. The van der Waals surface area contributed by atoms with E-state index in [1.165, 1.54) is 31.4 Å². The molecule has 2 aromatic carbocycles. The molecule has 0 amide bonds. The van der Waals surface area contributed by atoms with Crippen molar-refractivity contribution in [2.75, 3.05) is 18.6 Å². The van der Waals surface area contributed by atoms with Crippen LogP contribution in [0.1, 0.15) is 18.4 Å². The summed E-state index contributed by atoms with van der Waals surface area (Å²) in [6.07, 6.45) is 0.524. The summed E-state index contributed by atoms with van der Waals surface area (Å²) >= 11 is 12.9. The molecule has 9 heteroatoms. The van der Waals surface area contributed by atoms with E-state index in [0.717, 1.165) is 0 Å². The Bertz CT molecular complexity index is 849. The zero-order valence-corrected chi connectivity index (χ0v) is 17.8. The summed E-state index contributed by atoms with van der Waals surface area (Å²) in [6.45, 7) is 0. The van der Waals surface area contributed by atoms with Crippen LogP contribution >= 0.6 is 45.8 Å². The Morgan fingerprint density at radius 1 is 1.11 bits per heavy atom. The van der Waals surface area contributed by atoms with Crippen LogP contribution in [-0.4, -0.2) is 13.1 Å². The standard InChI is InChI=1S/C12H11ClFNO2.C6H4ClFIN/c1-17-12(16)5-3-2-4-8-6-10(14)9(13)7-11(8)15;7-3-1-6(10)5(9)2-4(3)8/h6-7H,3,5,15H2,1H3;1-2H,10H2. The van der Waals surface area contributed by atoms with E-state index in [0.29, 0.717) is 26.9 Å². The van der Waals surface area contributed by atoms with E-state index in [1.807, 2.05) is 22.6 Å². The van der Waals surface area contributed by atoms with E-state index >= 15 is 0 Å². The maximum absolute atomic E-state index is 13.1. The van der Waals surface area contributed by atoms with Gasteiger partial charge >= 0.3 is 5.97 Å². The number of methoxy groups -OCH3 is 1.